The van der Waals surface area contributed by atoms with E-state index in [0.717, 1.165) is 25.7 Å². The number of halogens is 2. The van der Waals surface area contributed by atoms with Crippen LogP contribution in [0.4, 0.5) is 4.39 Å². The van der Waals surface area contributed by atoms with Crippen LogP contribution in [-0.4, -0.2) is 42.3 Å². The van der Waals surface area contributed by atoms with Crippen molar-refractivity contribution in [2.24, 2.45) is 7.05 Å². The third-order valence-electron chi connectivity index (χ3n) is 5.75. The number of hydrogen-bond acceptors (Lipinski definition) is 5. The number of aryl methyl sites for hydroxylation is 1. The Bertz CT molecular complexity index is 1220. The molecule has 2 atom stereocenters. The van der Waals surface area contributed by atoms with Gasteiger partial charge in [0, 0.05) is 25.8 Å². The minimum Gasteiger partial charge on any atom is -0.381 e. The van der Waals surface area contributed by atoms with Gasteiger partial charge in [-0.2, -0.15) is 4.98 Å². The molecule has 4 aromatic rings. The van der Waals surface area contributed by atoms with Gasteiger partial charge in [-0.1, -0.05) is 0 Å². The van der Waals surface area contributed by atoms with Crippen molar-refractivity contribution in [2.45, 2.75) is 37.8 Å². The standard InChI is InChI=1S/C20H20ClFN6O/c1-27-9-24-17-16(25-20(21)26-19(17)27)11-6-14(22)18-15(7-11)23-10-28(18)12-4-3-5-13(8-12)29-2/h6-7,9-10,12-13H,3-5,8H2,1-2H3/t12-,13-/m1/s1. The van der Waals surface area contributed by atoms with Crippen LogP contribution in [0.25, 0.3) is 33.5 Å². The first-order valence-electron chi connectivity index (χ1n) is 9.59. The Morgan fingerprint density at radius 2 is 2.03 bits per heavy atom. The summed E-state index contributed by atoms with van der Waals surface area (Å²) in [6, 6.07) is 3.48. The summed E-state index contributed by atoms with van der Waals surface area (Å²) in [4.78, 5) is 17.4. The van der Waals surface area contributed by atoms with Crippen LogP contribution in [0, 0.1) is 5.82 Å². The summed E-state index contributed by atoms with van der Waals surface area (Å²) in [6.07, 6.45) is 7.51. The van der Waals surface area contributed by atoms with E-state index in [0.29, 0.717) is 33.5 Å². The fraction of sp³-hybridized carbons (Fsp3) is 0.400. The Hall–Kier alpha value is -2.58. The van der Waals surface area contributed by atoms with Crippen molar-refractivity contribution in [3.8, 4) is 11.3 Å². The second-order valence-corrected chi connectivity index (χ2v) is 7.86. The maximum atomic E-state index is 15.3. The van der Waals surface area contributed by atoms with Crippen molar-refractivity contribution >= 4 is 33.8 Å². The molecule has 0 unspecified atom stereocenters. The number of rotatable bonds is 3. The number of nitrogens with zero attached hydrogens (tertiary/aromatic N) is 6. The number of aromatic nitrogens is 6. The lowest BCUT2D eigenvalue weighted by Crippen LogP contribution is -2.23. The van der Waals surface area contributed by atoms with Gasteiger partial charge < -0.3 is 13.9 Å². The predicted octanol–water partition coefficient (Wildman–Crippen LogP) is 4.30. The van der Waals surface area contributed by atoms with Gasteiger partial charge in [-0.25, -0.2) is 19.3 Å². The average molecular weight is 415 g/mol. The Morgan fingerprint density at radius 1 is 1.17 bits per heavy atom. The van der Waals surface area contributed by atoms with E-state index in [1.807, 2.05) is 17.7 Å². The molecule has 1 aliphatic carbocycles. The number of benzene rings is 1. The molecule has 5 rings (SSSR count). The van der Waals surface area contributed by atoms with E-state index in [2.05, 4.69) is 19.9 Å². The molecule has 29 heavy (non-hydrogen) atoms. The summed E-state index contributed by atoms with van der Waals surface area (Å²) in [7, 11) is 3.56. The molecule has 9 heteroatoms. The molecule has 7 nitrogen and oxygen atoms in total. The number of methoxy groups -OCH3 is 1. The van der Waals surface area contributed by atoms with Crippen LogP contribution in [0.2, 0.25) is 5.28 Å². The van der Waals surface area contributed by atoms with Gasteiger partial charge in [-0.15, -0.1) is 0 Å². The van der Waals surface area contributed by atoms with Crippen molar-refractivity contribution in [1.82, 2.24) is 29.1 Å². The molecule has 0 N–H and O–H groups in total. The lowest BCUT2D eigenvalue weighted by atomic mass is 9.92. The first-order valence-corrected chi connectivity index (χ1v) is 9.96. The molecule has 0 radical (unpaired) electrons. The fourth-order valence-electron chi connectivity index (χ4n) is 4.30. The summed E-state index contributed by atoms with van der Waals surface area (Å²) in [5.41, 5.74) is 3.33. The van der Waals surface area contributed by atoms with Crippen LogP contribution in [-0.2, 0) is 11.8 Å². The minimum atomic E-state index is -0.339. The van der Waals surface area contributed by atoms with E-state index in [4.69, 9.17) is 16.3 Å². The summed E-state index contributed by atoms with van der Waals surface area (Å²) in [5.74, 6) is -0.339. The largest absolute Gasteiger partial charge is 0.381 e. The van der Waals surface area contributed by atoms with E-state index >= 15 is 4.39 Å². The lowest BCUT2D eigenvalue weighted by Gasteiger charge is -2.29. The second-order valence-electron chi connectivity index (χ2n) is 7.52. The number of fused-ring (bicyclic) bond motifs is 2. The monoisotopic (exact) mass is 414 g/mol. The highest BCUT2D eigenvalue weighted by Gasteiger charge is 2.26. The van der Waals surface area contributed by atoms with Gasteiger partial charge in [-0.05, 0) is 49.4 Å². The van der Waals surface area contributed by atoms with Gasteiger partial charge in [0.05, 0.1) is 24.3 Å². The normalized spacial score (nSPS) is 20.0. The van der Waals surface area contributed by atoms with Gasteiger partial charge >= 0.3 is 0 Å². The van der Waals surface area contributed by atoms with Gasteiger partial charge in [-0.3, -0.25) is 0 Å². The first-order chi connectivity index (χ1) is 14.0. The van der Waals surface area contributed by atoms with E-state index in [1.165, 1.54) is 6.07 Å². The number of hydrogen-bond donors (Lipinski definition) is 0. The van der Waals surface area contributed by atoms with Crippen LogP contribution in [0.15, 0.2) is 24.8 Å². The van der Waals surface area contributed by atoms with Gasteiger partial charge in [0.25, 0.3) is 0 Å². The van der Waals surface area contributed by atoms with Crippen molar-refractivity contribution in [1.29, 1.82) is 0 Å². The predicted molar refractivity (Wildman–Crippen MR) is 108 cm³/mol. The summed E-state index contributed by atoms with van der Waals surface area (Å²) in [6.45, 7) is 0. The second kappa shape index (κ2) is 7.03. The Labute approximate surface area is 171 Å². The molecule has 0 spiro atoms. The van der Waals surface area contributed by atoms with E-state index in [-0.39, 0.29) is 23.2 Å². The van der Waals surface area contributed by atoms with Crippen LogP contribution >= 0.6 is 11.6 Å². The minimum absolute atomic E-state index is 0.0925. The van der Waals surface area contributed by atoms with Crippen LogP contribution in [0.1, 0.15) is 31.7 Å². The van der Waals surface area contributed by atoms with Gasteiger partial charge in [0.1, 0.15) is 22.5 Å². The molecule has 1 aliphatic rings. The molecular formula is C20H20ClFN6O. The highest BCUT2D eigenvalue weighted by Crippen LogP contribution is 2.35. The quantitative estimate of drug-likeness (QED) is 0.467. The summed E-state index contributed by atoms with van der Waals surface area (Å²) in [5, 5.41) is 0.0925. The number of imidazole rings is 2. The first kappa shape index (κ1) is 18.4. The van der Waals surface area contributed by atoms with E-state index < -0.39 is 0 Å². The van der Waals surface area contributed by atoms with Crippen molar-refractivity contribution in [3.05, 3.63) is 35.9 Å². The van der Waals surface area contributed by atoms with Crippen molar-refractivity contribution in [2.75, 3.05) is 7.11 Å². The molecule has 1 aromatic carbocycles. The fourth-order valence-corrected chi connectivity index (χ4v) is 4.47. The van der Waals surface area contributed by atoms with Gasteiger partial charge in [0.15, 0.2) is 5.65 Å². The third-order valence-corrected chi connectivity index (χ3v) is 5.92. The Morgan fingerprint density at radius 3 is 2.86 bits per heavy atom. The average Bonchev–Trinajstić information content (AvgIpc) is 3.32. The molecular weight excluding hydrogens is 395 g/mol. The molecule has 3 aromatic heterocycles. The smallest absolute Gasteiger partial charge is 0.225 e. The highest BCUT2D eigenvalue weighted by molar-refractivity contribution is 6.28. The third kappa shape index (κ3) is 3.07. The van der Waals surface area contributed by atoms with Crippen molar-refractivity contribution < 1.29 is 9.13 Å². The topological polar surface area (TPSA) is 70.7 Å². The van der Waals surface area contributed by atoms with Gasteiger partial charge in [0.2, 0.25) is 5.28 Å². The summed E-state index contributed by atoms with van der Waals surface area (Å²) >= 11 is 6.11. The molecule has 1 fully saturated rings. The van der Waals surface area contributed by atoms with Crippen LogP contribution in [0.5, 0.6) is 0 Å². The highest BCUT2D eigenvalue weighted by atomic mass is 35.5. The Kier molecular flexibility index (Phi) is 4.48. The zero-order valence-corrected chi connectivity index (χ0v) is 16.9. The molecule has 150 valence electrons. The lowest BCUT2D eigenvalue weighted by molar-refractivity contribution is 0.0536. The number of ether oxygens (including phenoxy) is 1. The molecule has 0 saturated heterocycles. The van der Waals surface area contributed by atoms with Crippen molar-refractivity contribution in [3.63, 3.8) is 0 Å². The molecule has 0 amide bonds. The van der Waals surface area contributed by atoms with Crippen LogP contribution < -0.4 is 0 Å². The zero-order valence-electron chi connectivity index (χ0n) is 16.1. The Balaban J connectivity index is 1.62. The SMILES string of the molecule is CO[C@@H]1CCC[C@@H](n2cnc3cc(-c4nc(Cl)nc5c4ncn5C)cc(F)c32)C1. The van der Waals surface area contributed by atoms with E-state index in [1.54, 1.807) is 24.3 Å². The maximum absolute atomic E-state index is 15.3. The zero-order chi connectivity index (χ0) is 20.1. The molecule has 0 bridgehead atoms. The molecule has 0 aliphatic heterocycles. The van der Waals surface area contributed by atoms with E-state index in [9.17, 15) is 0 Å². The maximum Gasteiger partial charge on any atom is 0.225 e. The molecule has 1 saturated carbocycles. The van der Waals surface area contributed by atoms with Crippen LogP contribution in [0.3, 0.4) is 0 Å². The molecule has 3 heterocycles. The summed E-state index contributed by atoms with van der Waals surface area (Å²) < 4.78 is 24.5.